The third-order valence-corrected chi connectivity index (χ3v) is 4.13. The number of nitrogens with zero attached hydrogens (tertiary/aromatic N) is 4. The summed E-state index contributed by atoms with van der Waals surface area (Å²) in [5, 5.41) is 4.34. The van der Waals surface area contributed by atoms with Crippen LogP contribution in [-0.2, 0) is 6.54 Å². The van der Waals surface area contributed by atoms with E-state index in [0.717, 1.165) is 22.3 Å². The molecule has 6 heteroatoms. The molecule has 1 aromatic carbocycles. The summed E-state index contributed by atoms with van der Waals surface area (Å²) in [6, 6.07) is 8.14. The third kappa shape index (κ3) is 2.20. The second kappa shape index (κ2) is 5.28. The molecule has 104 valence electrons. The van der Waals surface area contributed by atoms with E-state index < -0.39 is 0 Å². The molecular weight excluding hydrogens is 318 g/mol. The number of guanidine groups is 1. The highest BCUT2D eigenvalue weighted by atomic mass is 79.9. The maximum absolute atomic E-state index is 6.07. The van der Waals surface area contributed by atoms with Gasteiger partial charge in [-0.3, -0.25) is 9.67 Å². The molecule has 20 heavy (non-hydrogen) atoms. The predicted molar refractivity (Wildman–Crippen MR) is 83.8 cm³/mol. The first-order valence-corrected chi connectivity index (χ1v) is 7.36. The van der Waals surface area contributed by atoms with Crippen LogP contribution in [0.3, 0.4) is 0 Å². The quantitative estimate of drug-likeness (QED) is 0.938. The van der Waals surface area contributed by atoms with Gasteiger partial charge in [0.1, 0.15) is 0 Å². The number of nitrogens with two attached hydrogens (primary N) is 1. The molecule has 0 bridgehead atoms. The molecule has 0 aliphatic carbocycles. The molecule has 5 nitrogen and oxygen atoms in total. The van der Waals surface area contributed by atoms with Gasteiger partial charge in [-0.25, -0.2) is 0 Å². The molecular formula is C14H16BrN5. The number of aromatic nitrogens is 2. The molecule has 0 fully saturated rings. The van der Waals surface area contributed by atoms with Crippen molar-refractivity contribution in [2.24, 2.45) is 10.7 Å². The fourth-order valence-corrected chi connectivity index (χ4v) is 2.89. The van der Waals surface area contributed by atoms with Gasteiger partial charge in [-0.2, -0.15) is 5.10 Å². The van der Waals surface area contributed by atoms with Crippen molar-refractivity contribution in [3.8, 4) is 0 Å². The number of anilines is 1. The number of benzene rings is 1. The second-order valence-electron chi connectivity index (χ2n) is 4.67. The molecule has 0 spiro atoms. The van der Waals surface area contributed by atoms with Crippen LogP contribution in [0, 0.1) is 0 Å². The number of para-hydroxylation sites is 1. The van der Waals surface area contributed by atoms with Crippen LogP contribution in [0.4, 0.5) is 5.69 Å². The van der Waals surface area contributed by atoms with Gasteiger partial charge in [0, 0.05) is 22.8 Å². The van der Waals surface area contributed by atoms with Crippen molar-refractivity contribution >= 4 is 27.6 Å². The lowest BCUT2D eigenvalue weighted by atomic mass is 10.1. The number of aliphatic imine (C=N–C) groups is 1. The summed E-state index contributed by atoms with van der Waals surface area (Å²) >= 11 is 3.58. The van der Waals surface area contributed by atoms with Crippen LogP contribution < -0.4 is 10.6 Å². The van der Waals surface area contributed by atoms with E-state index >= 15 is 0 Å². The number of rotatable bonds is 3. The van der Waals surface area contributed by atoms with Gasteiger partial charge in [-0.1, -0.05) is 12.1 Å². The Morgan fingerprint density at radius 1 is 1.40 bits per heavy atom. The normalized spacial score (nSPS) is 18.4. The highest BCUT2D eigenvalue weighted by molar-refractivity contribution is 9.10. The second-order valence-corrected chi connectivity index (χ2v) is 5.52. The van der Waals surface area contributed by atoms with Crippen LogP contribution in [0.15, 0.2) is 46.1 Å². The summed E-state index contributed by atoms with van der Waals surface area (Å²) in [4.78, 5) is 6.45. The predicted octanol–water partition coefficient (Wildman–Crippen LogP) is 2.54. The topological polar surface area (TPSA) is 59.4 Å². The molecule has 1 aliphatic rings. The van der Waals surface area contributed by atoms with Crippen LogP contribution >= 0.6 is 15.9 Å². The van der Waals surface area contributed by atoms with Crippen molar-refractivity contribution in [3.05, 3.63) is 46.7 Å². The Kier molecular flexibility index (Phi) is 3.48. The minimum Gasteiger partial charge on any atom is -0.369 e. The van der Waals surface area contributed by atoms with Gasteiger partial charge in [0.25, 0.3) is 0 Å². The largest absolute Gasteiger partial charge is 0.369 e. The zero-order chi connectivity index (χ0) is 14.1. The van der Waals surface area contributed by atoms with E-state index in [1.807, 2.05) is 35.1 Å². The van der Waals surface area contributed by atoms with E-state index in [-0.39, 0.29) is 6.04 Å². The van der Waals surface area contributed by atoms with Crippen LogP contribution in [0.25, 0.3) is 0 Å². The Labute approximate surface area is 126 Å². The number of hydrogen-bond donors (Lipinski definition) is 1. The molecule has 3 rings (SSSR count). The van der Waals surface area contributed by atoms with Crippen LogP contribution in [-0.4, -0.2) is 22.3 Å². The average Bonchev–Trinajstić information content (AvgIpc) is 3.06. The zero-order valence-electron chi connectivity index (χ0n) is 11.2. The fraction of sp³-hybridized carbons (Fsp3) is 0.286. The van der Waals surface area contributed by atoms with E-state index in [4.69, 9.17) is 5.73 Å². The molecule has 2 heterocycles. The van der Waals surface area contributed by atoms with Crippen LogP contribution in [0.2, 0.25) is 0 Å². The molecule has 1 aliphatic heterocycles. The first-order chi connectivity index (χ1) is 9.70. The maximum atomic E-state index is 6.07. The molecule has 0 saturated carbocycles. The molecule has 0 saturated heterocycles. The maximum Gasteiger partial charge on any atom is 0.196 e. The van der Waals surface area contributed by atoms with Gasteiger partial charge in [0.15, 0.2) is 5.96 Å². The lowest BCUT2D eigenvalue weighted by molar-refractivity contribution is 0.657. The Morgan fingerprint density at radius 2 is 2.20 bits per heavy atom. The minimum atomic E-state index is 0.106. The standard InChI is InChI=1S/C14H16BrN5/c1-2-19-9-10(7-18-19)13-8-17-14(16)20(13)12-6-4-3-5-11(12)15/h3-7,9,13H,2,8H2,1H3,(H2,16,17). The number of halogens is 1. The van der Waals surface area contributed by atoms with Crippen molar-refractivity contribution in [3.63, 3.8) is 0 Å². The van der Waals surface area contributed by atoms with E-state index in [1.54, 1.807) is 0 Å². The lowest BCUT2D eigenvalue weighted by Crippen LogP contribution is -2.36. The molecule has 1 atom stereocenters. The molecule has 0 radical (unpaired) electrons. The smallest absolute Gasteiger partial charge is 0.196 e. The van der Waals surface area contributed by atoms with Crippen molar-refractivity contribution < 1.29 is 0 Å². The summed E-state index contributed by atoms with van der Waals surface area (Å²) in [6.07, 6.45) is 3.95. The van der Waals surface area contributed by atoms with Gasteiger partial charge < -0.3 is 10.6 Å². The molecule has 0 amide bonds. The summed E-state index contributed by atoms with van der Waals surface area (Å²) in [6.45, 7) is 3.59. The average molecular weight is 334 g/mol. The van der Waals surface area contributed by atoms with E-state index in [0.29, 0.717) is 12.5 Å². The van der Waals surface area contributed by atoms with E-state index in [9.17, 15) is 0 Å². The minimum absolute atomic E-state index is 0.106. The third-order valence-electron chi connectivity index (χ3n) is 3.46. The molecule has 2 N–H and O–H groups in total. The number of hydrogen-bond acceptors (Lipinski definition) is 4. The van der Waals surface area contributed by atoms with Gasteiger partial charge >= 0.3 is 0 Å². The van der Waals surface area contributed by atoms with E-state index in [2.05, 4.69) is 44.0 Å². The molecule has 2 aromatic rings. The summed E-state index contributed by atoms with van der Waals surface area (Å²) < 4.78 is 2.93. The van der Waals surface area contributed by atoms with Gasteiger partial charge in [0.2, 0.25) is 0 Å². The van der Waals surface area contributed by atoms with Crippen molar-refractivity contribution in [1.29, 1.82) is 0 Å². The van der Waals surface area contributed by atoms with Crippen molar-refractivity contribution in [1.82, 2.24) is 9.78 Å². The van der Waals surface area contributed by atoms with Gasteiger partial charge in [0.05, 0.1) is 24.5 Å². The monoisotopic (exact) mass is 333 g/mol. The summed E-state index contributed by atoms with van der Waals surface area (Å²) in [5.74, 6) is 0.547. The first kappa shape index (κ1) is 13.2. The lowest BCUT2D eigenvalue weighted by Gasteiger charge is -2.26. The highest BCUT2D eigenvalue weighted by Gasteiger charge is 2.30. The molecule has 1 unspecified atom stereocenters. The Morgan fingerprint density at radius 3 is 2.90 bits per heavy atom. The SMILES string of the molecule is CCn1cc(C2CN=C(N)N2c2ccccc2Br)cn1. The van der Waals surface area contributed by atoms with Crippen LogP contribution in [0.5, 0.6) is 0 Å². The van der Waals surface area contributed by atoms with E-state index in [1.165, 1.54) is 0 Å². The summed E-state index contributed by atoms with van der Waals surface area (Å²) in [5.41, 5.74) is 8.23. The van der Waals surface area contributed by atoms with Gasteiger partial charge in [-0.05, 0) is 35.0 Å². The number of aryl methyl sites for hydroxylation is 1. The van der Waals surface area contributed by atoms with Gasteiger partial charge in [-0.15, -0.1) is 0 Å². The highest BCUT2D eigenvalue weighted by Crippen LogP contribution is 2.35. The Balaban J connectivity index is 1.98. The van der Waals surface area contributed by atoms with Crippen molar-refractivity contribution in [2.75, 3.05) is 11.4 Å². The Bertz CT molecular complexity index is 649. The Hall–Kier alpha value is -1.82. The zero-order valence-corrected chi connectivity index (χ0v) is 12.8. The van der Waals surface area contributed by atoms with Crippen molar-refractivity contribution in [2.45, 2.75) is 19.5 Å². The first-order valence-electron chi connectivity index (χ1n) is 6.56. The molecule has 1 aromatic heterocycles. The summed E-state index contributed by atoms with van der Waals surface area (Å²) in [7, 11) is 0. The fourth-order valence-electron chi connectivity index (χ4n) is 2.41. The van der Waals surface area contributed by atoms with Crippen LogP contribution in [0.1, 0.15) is 18.5 Å².